The van der Waals surface area contributed by atoms with Crippen LogP contribution >= 0.6 is 0 Å². The summed E-state index contributed by atoms with van der Waals surface area (Å²) in [6, 6.07) is 7.41. The second-order valence-corrected chi connectivity index (χ2v) is 5.27. The van der Waals surface area contributed by atoms with Gasteiger partial charge in [0, 0.05) is 6.07 Å². The molecular formula is C13H16N2O2. The van der Waals surface area contributed by atoms with E-state index >= 15 is 0 Å². The molecule has 1 atom stereocenters. The summed E-state index contributed by atoms with van der Waals surface area (Å²) in [6.45, 7) is 7.37. The number of carbonyl (C=O) groups excluding carboxylic acids is 1. The van der Waals surface area contributed by atoms with Crippen molar-refractivity contribution in [3.05, 3.63) is 29.8 Å². The number of hydrogen-bond acceptors (Lipinski definition) is 3. The average Bonchev–Trinajstić information content (AvgIpc) is 2.53. The fraction of sp³-hybridized carbons (Fsp3) is 0.385. The van der Waals surface area contributed by atoms with E-state index in [1.807, 2.05) is 45.9 Å². The van der Waals surface area contributed by atoms with Crippen molar-refractivity contribution in [3.63, 3.8) is 0 Å². The number of carboxylic acid groups (broad SMARTS) is 1. The van der Waals surface area contributed by atoms with Gasteiger partial charge in [-0.15, -0.1) is 4.59 Å². The second-order valence-electron chi connectivity index (χ2n) is 5.27. The highest BCUT2D eigenvalue weighted by Crippen LogP contribution is 2.41. The Labute approximate surface area is 101 Å². The van der Waals surface area contributed by atoms with Crippen molar-refractivity contribution in [2.45, 2.75) is 33.2 Å². The predicted octanol–water partition coefficient (Wildman–Crippen LogP) is 1.87. The van der Waals surface area contributed by atoms with Gasteiger partial charge in [0.25, 0.3) is 6.09 Å². The van der Waals surface area contributed by atoms with Gasteiger partial charge in [0.1, 0.15) is 11.3 Å². The lowest BCUT2D eigenvalue weighted by Gasteiger charge is -2.39. The van der Waals surface area contributed by atoms with Crippen LogP contribution in [0.1, 0.15) is 33.3 Å². The van der Waals surface area contributed by atoms with Crippen LogP contribution in [0.5, 0.6) is 0 Å². The number of carbonyl (C=O) groups is 1. The summed E-state index contributed by atoms with van der Waals surface area (Å²) in [5.74, 6) is 0. The molecule has 1 heterocycles. The number of fused-ring (bicyclic) bond motifs is 1. The van der Waals surface area contributed by atoms with Crippen molar-refractivity contribution in [2.24, 2.45) is 5.10 Å². The molecule has 90 valence electrons. The Hall–Kier alpha value is -1.68. The van der Waals surface area contributed by atoms with Gasteiger partial charge in [-0.3, -0.25) is 0 Å². The van der Waals surface area contributed by atoms with Crippen LogP contribution in [0.3, 0.4) is 0 Å². The average molecular weight is 232 g/mol. The molecule has 4 heteroatoms. The van der Waals surface area contributed by atoms with Crippen molar-refractivity contribution < 1.29 is 9.90 Å². The van der Waals surface area contributed by atoms with Crippen LogP contribution < -0.4 is 9.70 Å². The summed E-state index contributed by atoms with van der Waals surface area (Å²) in [4.78, 5) is 11.6. The zero-order chi connectivity index (χ0) is 12.8. The molecule has 0 fully saturated rings. The Morgan fingerprint density at radius 1 is 1.29 bits per heavy atom. The third-order valence-corrected chi connectivity index (χ3v) is 3.18. The molecule has 0 saturated carbocycles. The molecule has 1 aliphatic heterocycles. The maximum atomic E-state index is 11.6. The summed E-state index contributed by atoms with van der Waals surface area (Å²) >= 11 is 0. The molecule has 0 bridgehead atoms. The predicted molar refractivity (Wildman–Crippen MR) is 65.6 cm³/mol. The van der Waals surface area contributed by atoms with Crippen LogP contribution in [0.25, 0.3) is 0 Å². The van der Waals surface area contributed by atoms with Crippen LogP contribution in [-0.4, -0.2) is 17.3 Å². The first kappa shape index (κ1) is 11.8. The molecule has 1 aromatic carbocycles. The summed E-state index contributed by atoms with van der Waals surface area (Å²) < 4.78 is -0.491. The van der Waals surface area contributed by atoms with E-state index in [-0.39, 0.29) is 0 Å². The number of hydrogen-bond donors (Lipinski definition) is 0. The maximum Gasteiger partial charge on any atom is 0.291 e. The van der Waals surface area contributed by atoms with E-state index in [1.54, 1.807) is 6.07 Å². The van der Waals surface area contributed by atoms with E-state index < -0.39 is 16.2 Å². The number of quaternary nitrogens is 1. The largest absolute Gasteiger partial charge is 0.496 e. The van der Waals surface area contributed by atoms with Crippen LogP contribution in [0.4, 0.5) is 10.5 Å². The van der Waals surface area contributed by atoms with Gasteiger partial charge in [-0.1, -0.05) is 17.2 Å². The fourth-order valence-corrected chi connectivity index (χ4v) is 2.32. The van der Waals surface area contributed by atoms with Gasteiger partial charge < -0.3 is 9.90 Å². The minimum atomic E-state index is -1.19. The molecule has 0 saturated heterocycles. The quantitative estimate of drug-likeness (QED) is 0.641. The number of para-hydroxylation sites is 1. The van der Waals surface area contributed by atoms with Crippen molar-refractivity contribution in [2.75, 3.05) is 0 Å². The first-order chi connectivity index (χ1) is 7.80. The molecule has 2 rings (SSSR count). The van der Waals surface area contributed by atoms with E-state index in [2.05, 4.69) is 5.10 Å². The van der Waals surface area contributed by atoms with Crippen molar-refractivity contribution in [1.29, 1.82) is 0 Å². The molecule has 0 aliphatic carbocycles. The van der Waals surface area contributed by atoms with Crippen molar-refractivity contribution in [1.82, 2.24) is 4.59 Å². The molecule has 1 aromatic rings. The highest BCUT2D eigenvalue weighted by molar-refractivity contribution is 6.09. The van der Waals surface area contributed by atoms with Crippen molar-refractivity contribution >= 4 is 17.5 Å². The second kappa shape index (κ2) is 3.40. The molecule has 0 aromatic heterocycles. The van der Waals surface area contributed by atoms with E-state index in [0.717, 1.165) is 11.3 Å². The number of nitrogens with zero attached hydrogens (tertiary/aromatic N) is 2. The SMILES string of the molecule is CC1=N[N+](C(=O)[O-])(C(C)(C)C)c2ccccc21. The molecule has 1 aliphatic rings. The Morgan fingerprint density at radius 3 is 2.41 bits per heavy atom. The minimum absolute atomic E-state index is 0.491. The molecule has 1 unspecified atom stereocenters. The summed E-state index contributed by atoms with van der Waals surface area (Å²) in [6.07, 6.45) is -1.19. The molecule has 17 heavy (non-hydrogen) atoms. The molecule has 0 spiro atoms. The highest BCUT2D eigenvalue weighted by atomic mass is 16.4. The normalized spacial score (nSPS) is 23.2. The first-order valence-electron chi connectivity index (χ1n) is 5.58. The van der Waals surface area contributed by atoms with Crippen LogP contribution in [-0.2, 0) is 0 Å². The van der Waals surface area contributed by atoms with Gasteiger partial charge in [0.05, 0.1) is 5.56 Å². The number of amides is 1. The molecular weight excluding hydrogens is 216 g/mol. The van der Waals surface area contributed by atoms with E-state index in [1.165, 1.54) is 0 Å². The lowest BCUT2D eigenvalue weighted by Crippen LogP contribution is -2.65. The van der Waals surface area contributed by atoms with E-state index in [0.29, 0.717) is 5.69 Å². The van der Waals surface area contributed by atoms with Gasteiger partial charge in [-0.05, 0) is 33.8 Å². The van der Waals surface area contributed by atoms with Gasteiger partial charge in [-0.2, -0.15) is 0 Å². The molecule has 4 nitrogen and oxygen atoms in total. The van der Waals surface area contributed by atoms with E-state index in [9.17, 15) is 9.90 Å². The third-order valence-electron chi connectivity index (χ3n) is 3.18. The summed E-state index contributed by atoms with van der Waals surface area (Å²) in [5.41, 5.74) is 1.70. The first-order valence-corrected chi connectivity index (χ1v) is 5.58. The zero-order valence-corrected chi connectivity index (χ0v) is 10.5. The lowest BCUT2D eigenvalue weighted by molar-refractivity contribution is -0.268. The molecule has 0 radical (unpaired) electrons. The fourth-order valence-electron chi connectivity index (χ4n) is 2.32. The van der Waals surface area contributed by atoms with Gasteiger partial charge in [-0.25, -0.2) is 0 Å². The smallest absolute Gasteiger partial charge is 0.291 e. The number of benzene rings is 1. The van der Waals surface area contributed by atoms with Gasteiger partial charge >= 0.3 is 0 Å². The Kier molecular flexibility index (Phi) is 2.36. The van der Waals surface area contributed by atoms with Crippen LogP contribution in [0.15, 0.2) is 29.4 Å². The Balaban J connectivity index is 2.79. The minimum Gasteiger partial charge on any atom is -0.496 e. The zero-order valence-electron chi connectivity index (χ0n) is 10.5. The summed E-state index contributed by atoms with van der Waals surface area (Å²) in [7, 11) is 0. The number of rotatable bonds is 0. The Bertz CT molecular complexity index is 514. The van der Waals surface area contributed by atoms with Crippen molar-refractivity contribution in [3.8, 4) is 0 Å². The molecule has 1 amide bonds. The highest BCUT2D eigenvalue weighted by Gasteiger charge is 2.51. The summed E-state index contributed by atoms with van der Waals surface area (Å²) in [5, 5.41) is 16.0. The molecule has 0 N–H and O–H groups in total. The lowest BCUT2D eigenvalue weighted by atomic mass is 10.0. The third kappa shape index (κ3) is 1.41. The van der Waals surface area contributed by atoms with Crippen LogP contribution in [0, 0.1) is 0 Å². The maximum absolute atomic E-state index is 11.6. The van der Waals surface area contributed by atoms with Gasteiger partial charge in [0.15, 0.2) is 5.69 Å². The monoisotopic (exact) mass is 232 g/mol. The van der Waals surface area contributed by atoms with E-state index in [4.69, 9.17) is 0 Å². The van der Waals surface area contributed by atoms with Gasteiger partial charge in [0.2, 0.25) is 0 Å². The Morgan fingerprint density at radius 2 is 1.88 bits per heavy atom. The van der Waals surface area contributed by atoms with Crippen LogP contribution in [0.2, 0.25) is 0 Å². The topological polar surface area (TPSA) is 52.5 Å². The standard InChI is InChI=1S/C13H16N2O2/c1-9-10-7-5-6-8-11(10)15(14-9,12(16)17)13(2,3)4/h5-8H,1-4H3.